The Morgan fingerprint density at radius 1 is 1.19 bits per heavy atom. The molecule has 140 valence electrons. The third-order valence-electron chi connectivity index (χ3n) is 5.60. The summed E-state index contributed by atoms with van der Waals surface area (Å²) in [6.45, 7) is 0.0918. The van der Waals surface area contributed by atoms with E-state index in [0.717, 1.165) is 41.0 Å². The third-order valence-corrected chi connectivity index (χ3v) is 7.39. The normalized spacial score (nSPS) is 17.6. The highest BCUT2D eigenvalue weighted by Gasteiger charge is 2.38. The summed E-state index contributed by atoms with van der Waals surface area (Å²) >= 11 is 3.10. The van der Waals surface area contributed by atoms with E-state index in [1.165, 1.54) is 35.1 Å². The molecule has 0 spiro atoms. The number of amides is 1. The van der Waals surface area contributed by atoms with Gasteiger partial charge in [0.1, 0.15) is 11.4 Å². The molecule has 0 bridgehead atoms. The van der Waals surface area contributed by atoms with E-state index < -0.39 is 0 Å². The number of carbonyl (C=O) groups excluding carboxylic acids is 1. The molecule has 0 N–H and O–H groups in total. The van der Waals surface area contributed by atoms with Crippen LogP contribution >= 0.6 is 22.7 Å². The quantitative estimate of drug-likeness (QED) is 0.648. The molecule has 2 fully saturated rings. The van der Waals surface area contributed by atoms with E-state index in [9.17, 15) is 9.59 Å². The number of nitrogens with zero attached hydrogens (tertiary/aromatic N) is 3. The molecule has 27 heavy (non-hydrogen) atoms. The Balaban J connectivity index is 1.48. The average Bonchev–Trinajstić information content (AvgIpc) is 3.11. The minimum atomic E-state index is -0.111. The summed E-state index contributed by atoms with van der Waals surface area (Å²) in [6.07, 6.45) is 8.34. The molecule has 1 amide bonds. The van der Waals surface area contributed by atoms with Crippen LogP contribution in [0.2, 0.25) is 0 Å². The Morgan fingerprint density at radius 2 is 1.96 bits per heavy atom. The lowest BCUT2D eigenvalue weighted by molar-refractivity contribution is -0.134. The van der Waals surface area contributed by atoms with Crippen LogP contribution in [0, 0.1) is 0 Å². The molecule has 0 radical (unpaired) electrons. The van der Waals surface area contributed by atoms with Crippen molar-refractivity contribution in [2.75, 3.05) is 0 Å². The van der Waals surface area contributed by atoms with Gasteiger partial charge < -0.3 is 4.90 Å². The van der Waals surface area contributed by atoms with Crippen molar-refractivity contribution in [2.45, 2.75) is 57.2 Å². The largest absolute Gasteiger partial charge is 0.335 e. The molecule has 0 saturated heterocycles. The van der Waals surface area contributed by atoms with Crippen molar-refractivity contribution in [3.05, 3.63) is 39.6 Å². The highest BCUT2D eigenvalue weighted by molar-refractivity contribution is 7.18. The Kier molecular flexibility index (Phi) is 4.36. The van der Waals surface area contributed by atoms with Crippen molar-refractivity contribution < 1.29 is 4.79 Å². The second kappa shape index (κ2) is 6.87. The van der Waals surface area contributed by atoms with E-state index in [1.54, 1.807) is 11.3 Å². The fourth-order valence-electron chi connectivity index (χ4n) is 4.16. The van der Waals surface area contributed by atoms with E-state index in [4.69, 9.17) is 0 Å². The SMILES string of the molecule is O=C(Cn1cnc2scc(-c3cccs3)c2c1=O)N(C1CCCC1)C1CC1. The van der Waals surface area contributed by atoms with Crippen molar-refractivity contribution in [3.63, 3.8) is 0 Å². The minimum Gasteiger partial charge on any atom is -0.335 e. The molecular weight excluding hydrogens is 378 g/mol. The standard InChI is InChI=1S/C20H21N3O2S2/c24-17(23(14-7-8-14)13-4-1-2-5-13)10-22-12-21-19-18(20(22)25)15(11-27-19)16-6-3-9-26-16/h3,6,9,11-14H,1-2,4-5,7-8,10H2. The number of thiophene rings is 2. The Bertz CT molecular complexity index is 1030. The summed E-state index contributed by atoms with van der Waals surface area (Å²) in [4.78, 5) is 34.5. The first-order valence-electron chi connectivity index (χ1n) is 9.54. The van der Waals surface area contributed by atoms with Crippen molar-refractivity contribution in [1.82, 2.24) is 14.5 Å². The molecule has 2 saturated carbocycles. The summed E-state index contributed by atoms with van der Waals surface area (Å²) in [6, 6.07) is 4.75. The van der Waals surface area contributed by atoms with Gasteiger partial charge in [-0.3, -0.25) is 14.2 Å². The molecule has 7 heteroatoms. The van der Waals surface area contributed by atoms with Crippen molar-refractivity contribution in [3.8, 4) is 10.4 Å². The van der Waals surface area contributed by atoms with Crippen LogP contribution < -0.4 is 5.56 Å². The fourth-order valence-corrected chi connectivity index (χ4v) is 5.88. The van der Waals surface area contributed by atoms with Gasteiger partial charge in [0.15, 0.2) is 0 Å². The van der Waals surface area contributed by atoms with Gasteiger partial charge in [-0.2, -0.15) is 0 Å². The summed E-state index contributed by atoms with van der Waals surface area (Å²) in [5, 5.41) is 4.63. The summed E-state index contributed by atoms with van der Waals surface area (Å²) in [7, 11) is 0. The van der Waals surface area contributed by atoms with Gasteiger partial charge >= 0.3 is 0 Å². The maximum Gasteiger partial charge on any atom is 0.263 e. The van der Waals surface area contributed by atoms with E-state index in [1.807, 2.05) is 22.9 Å². The fraction of sp³-hybridized carbons (Fsp3) is 0.450. The van der Waals surface area contributed by atoms with Crippen LogP contribution in [0.15, 0.2) is 34.0 Å². The predicted octanol–water partition coefficient (Wildman–Crippen LogP) is 4.12. The van der Waals surface area contributed by atoms with Gasteiger partial charge in [0, 0.05) is 27.9 Å². The molecule has 0 unspecified atom stereocenters. The summed E-state index contributed by atoms with van der Waals surface area (Å²) in [5.74, 6) is 0.0700. The molecule has 3 aromatic heterocycles. The lowest BCUT2D eigenvalue weighted by Gasteiger charge is -2.29. The molecule has 3 aromatic rings. The Hall–Kier alpha value is -1.99. The second-order valence-electron chi connectivity index (χ2n) is 7.45. The molecule has 0 aliphatic heterocycles. The van der Waals surface area contributed by atoms with Crippen molar-refractivity contribution in [2.24, 2.45) is 0 Å². The number of fused-ring (bicyclic) bond motifs is 1. The number of rotatable bonds is 5. The molecule has 0 atom stereocenters. The van der Waals surface area contributed by atoms with Crippen LogP contribution in [-0.4, -0.2) is 32.4 Å². The zero-order valence-electron chi connectivity index (χ0n) is 15.0. The number of aromatic nitrogens is 2. The second-order valence-corrected chi connectivity index (χ2v) is 9.26. The van der Waals surface area contributed by atoms with Crippen LogP contribution in [-0.2, 0) is 11.3 Å². The van der Waals surface area contributed by atoms with Crippen LogP contribution in [0.5, 0.6) is 0 Å². The number of hydrogen-bond donors (Lipinski definition) is 0. The predicted molar refractivity (Wildman–Crippen MR) is 109 cm³/mol. The minimum absolute atomic E-state index is 0.0700. The van der Waals surface area contributed by atoms with E-state index >= 15 is 0 Å². The van der Waals surface area contributed by atoms with Gasteiger partial charge in [0.05, 0.1) is 11.7 Å². The highest BCUT2D eigenvalue weighted by Crippen LogP contribution is 2.35. The maximum absolute atomic E-state index is 13.1. The van der Waals surface area contributed by atoms with Gasteiger partial charge in [0.25, 0.3) is 5.56 Å². The maximum atomic E-state index is 13.1. The Morgan fingerprint density at radius 3 is 2.67 bits per heavy atom. The van der Waals surface area contributed by atoms with Gasteiger partial charge in [-0.25, -0.2) is 4.98 Å². The van der Waals surface area contributed by atoms with Crippen LogP contribution in [0.25, 0.3) is 20.7 Å². The van der Waals surface area contributed by atoms with Gasteiger partial charge in [-0.15, -0.1) is 22.7 Å². The van der Waals surface area contributed by atoms with E-state index in [0.29, 0.717) is 17.5 Å². The average molecular weight is 400 g/mol. The first-order valence-corrected chi connectivity index (χ1v) is 11.3. The number of hydrogen-bond acceptors (Lipinski definition) is 5. The molecule has 0 aromatic carbocycles. The molecule has 2 aliphatic carbocycles. The lowest BCUT2D eigenvalue weighted by Crippen LogP contribution is -2.43. The van der Waals surface area contributed by atoms with Crippen molar-refractivity contribution >= 4 is 38.8 Å². The summed E-state index contributed by atoms with van der Waals surface area (Å²) in [5.41, 5.74) is 0.819. The van der Waals surface area contributed by atoms with Gasteiger partial charge in [-0.1, -0.05) is 18.9 Å². The molecule has 3 heterocycles. The van der Waals surface area contributed by atoms with Crippen LogP contribution in [0.3, 0.4) is 0 Å². The first-order chi connectivity index (χ1) is 13.2. The molecule has 2 aliphatic rings. The topological polar surface area (TPSA) is 55.2 Å². The molecule has 5 rings (SSSR count). The highest BCUT2D eigenvalue weighted by atomic mass is 32.1. The monoisotopic (exact) mass is 399 g/mol. The summed E-state index contributed by atoms with van der Waals surface area (Å²) < 4.78 is 1.50. The van der Waals surface area contributed by atoms with E-state index in [2.05, 4.69) is 9.88 Å². The third kappa shape index (κ3) is 3.12. The van der Waals surface area contributed by atoms with Crippen LogP contribution in [0.4, 0.5) is 0 Å². The van der Waals surface area contributed by atoms with Gasteiger partial charge in [-0.05, 0) is 37.1 Å². The van der Waals surface area contributed by atoms with Crippen LogP contribution in [0.1, 0.15) is 38.5 Å². The van der Waals surface area contributed by atoms with E-state index in [-0.39, 0.29) is 18.0 Å². The smallest absolute Gasteiger partial charge is 0.263 e. The lowest BCUT2D eigenvalue weighted by atomic mass is 10.2. The molecule has 5 nitrogen and oxygen atoms in total. The van der Waals surface area contributed by atoms with Crippen molar-refractivity contribution in [1.29, 1.82) is 0 Å². The zero-order chi connectivity index (χ0) is 18.4. The number of carbonyl (C=O) groups is 1. The first kappa shape index (κ1) is 17.1. The zero-order valence-corrected chi connectivity index (χ0v) is 16.6. The van der Waals surface area contributed by atoms with Gasteiger partial charge in [0.2, 0.25) is 5.91 Å². The Labute approximate surface area is 165 Å². The molecular formula is C20H21N3O2S2.